The molecule has 0 saturated carbocycles. The van der Waals surface area contributed by atoms with Crippen LogP contribution < -0.4 is 5.73 Å². The first-order valence-corrected chi connectivity index (χ1v) is 16.8. The van der Waals surface area contributed by atoms with Crippen molar-refractivity contribution >= 4 is 32.7 Å². The lowest BCUT2D eigenvalue weighted by atomic mass is 9.72. The number of aromatic nitrogens is 3. The van der Waals surface area contributed by atoms with E-state index < -0.39 is 27.0 Å². The molecule has 218 valence electrons. The smallest absolute Gasteiger partial charge is 0.339 e. The Kier molecular flexibility index (Phi) is 7.64. The minimum atomic E-state index is -1.46. The SMILES string of the molecule is CC(C)(C)OC(=O)C1=C(N)c2ccccc2C1(C#N)c1cccc(-c2ncnc3c2ccn3COCCS(C)(C)C)c1. The minimum absolute atomic E-state index is 0.131. The van der Waals surface area contributed by atoms with Crippen LogP contribution in [0.3, 0.4) is 0 Å². The maximum atomic E-state index is 13.6. The number of carbonyl (C=O) groups excluding carboxylic acids is 1. The van der Waals surface area contributed by atoms with E-state index in [0.29, 0.717) is 30.0 Å². The van der Waals surface area contributed by atoms with Crippen LogP contribution in [0.4, 0.5) is 0 Å². The van der Waals surface area contributed by atoms with Gasteiger partial charge >= 0.3 is 5.97 Å². The van der Waals surface area contributed by atoms with E-state index in [-0.39, 0.29) is 11.3 Å². The van der Waals surface area contributed by atoms with Gasteiger partial charge in [0.25, 0.3) is 0 Å². The molecule has 5 rings (SSSR count). The van der Waals surface area contributed by atoms with Crippen molar-refractivity contribution in [1.82, 2.24) is 14.5 Å². The van der Waals surface area contributed by atoms with Crippen LogP contribution in [-0.4, -0.2) is 57.2 Å². The first-order valence-electron chi connectivity index (χ1n) is 13.7. The number of ether oxygens (including phenoxy) is 2. The lowest BCUT2D eigenvalue weighted by molar-refractivity contribution is -0.150. The van der Waals surface area contributed by atoms with Crippen LogP contribution >= 0.6 is 10.0 Å². The molecule has 0 fully saturated rings. The van der Waals surface area contributed by atoms with Crippen LogP contribution in [0, 0.1) is 11.3 Å². The fourth-order valence-corrected chi connectivity index (χ4v) is 5.92. The number of fused-ring (bicyclic) bond motifs is 2. The molecule has 42 heavy (non-hydrogen) atoms. The number of nitriles is 1. The van der Waals surface area contributed by atoms with Crippen molar-refractivity contribution in [3.8, 4) is 17.3 Å². The van der Waals surface area contributed by atoms with Gasteiger partial charge < -0.3 is 19.8 Å². The number of carbonyl (C=O) groups is 1. The molecule has 0 radical (unpaired) electrons. The van der Waals surface area contributed by atoms with Crippen LogP contribution in [0.15, 0.2) is 72.7 Å². The lowest BCUT2D eigenvalue weighted by Crippen LogP contribution is -2.35. The Labute approximate surface area is 248 Å². The molecule has 0 bridgehead atoms. The summed E-state index contributed by atoms with van der Waals surface area (Å²) in [5.74, 6) is 0.422. The quantitative estimate of drug-likeness (QED) is 0.212. The zero-order valence-corrected chi connectivity index (χ0v) is 25.8. The van der Waals surface area contributed by atoms with Crippen molar-refractivity contribution in [3.05, 3.63) is 89.4 Å². The number of rotatable bonds is 8. The zero-order chi connectivity index (χ0) is 30.3. The zero-order valence-electron chi connectivity index (χ0n) is 25.0. The molecular formula is C33H37N5O3S. The maximum Gasteiger partial charge on any atom is 0.339 e. The number of esters is 1. The molecule has 1 atom stereocenters. The van der Waals surface area contributed by atoms with E-state index in [1.807, 2.05) is 65.4 Å². The highest BCUT2D eigenvalue weighted by atomic mass is 32.3. The Morgan fingerprint density at radius 3 is 2.57 bits per heavy atom. The van der Waals surface area contributed by atoms with E-state index in [9.17, 15) is 10.1 Å². The molecule has 0 amide bonds. The van der Waals surface area contributed by atoms with E-state index in [2.05, 4.69) is 34.8 Å². The van der Waals surface area contributed by atoms with Gasteiger partial charge in [0.05, 0.1) is 29.6 Å². The Balaban J connectivity index is 1.58. The summed E-state index contributed by atoms with van der Waals surface area (Å²) in [6.07, 6.45) is 10.3. The standard InChI is InChI=1S/C33H37N5O3S/c1-32(2,3)41-31(39)27-28(35)24-12-7-8-13-26(24)33(27,19-34)23-11-9-10-22(18-23)29-25-14-15-38(30(25)37-20-36-29)21-40-16-17-42(4,5)6/h7-15,18,20H,16-17,21,35H2,1-6H3. The molecular weight excluding hydrogens is 546 g/mol. The third-order valence-electron chi connectivity index (χ3n) is 7.23. The van der Waals surface area contributed by atoms with Gasteiger partial charge in [-0.25, -0.2) is 24.8 Å². The van der Waals surface area contributed by atoms with Crippen molar-refractivity contribution < 1.29 is 14.3 Å². The van der Waals surface area contributed by atoms with E-state index in [1.165, 1.54) is 6.33 Å². The summed E-state index contributed by atoms with van der Waals surface area (Å²) in [6, 6.07) is 19.4. The number of nitrogens with two attached hydrogens (primary N) is 1. The van der Waals surface area contributed by atoms with E-state index >= 15 is 0 Å². The molecule has 2 heterocycles. The third-order valence-corrected chi connectivity index (χ3v) is 8.62. The van der Waals surface area contributed by atoms with Gasteiger partial charge in [-0.3, -0.25) is 0 Å². The molecule has 1 aliphatic carbocycles. The Morgan fingerprint density at radius 2 is 1.86 bits per heavy atom. The fraction of sp³-hybridized carbons (Fsp3) is 0.333. The number of hydrogen-bond acceptors (Lipinski definition) is 7. The molecule has 2 aromatic carbocycles. The number of benzene rings is 2. The summed E-state index contributed by atoms with van der Waals surface area (Å²) >= 11 is 0. The van der Waals surface area contributed by atoms with Crippen LogP contribution in [-0.2, 0) is 26.4 Å². The van der Waals surface area contributed by atoms with Crippen molar-refractivity contribution in [1.29, 1.82) is 5.26 Å². The van der Waals surface area contributed by atoms with Gasteiger partial charge in [-0.15, -0.1) is 0 Å². The second kappa shape index (κ2) is 10.9. The summed E-state index contributed by atoms with van der Waals surface area (Å²) < 4.78 is 13.7. The van der Waals surface area contributed by atoms with Gasteiger partial charge in [-0.05, 0) is 62.8 Å². The topological polar surface area (TPSA) is 116 Å². The van der Waals surface area contributed by atoms with Crippen LogP contribution in [0.1, 0.15) is 37.5 Å². The van der Waals surface area contributed by atoms with Crippen molar-refractivity contribution in [2.75, 3.05) is 31.1 Å². The van der Waals surface area contributed by atoms with Crippen molar-refractivity contribution in [2.24, 2.45) is 5.73 Å². The molecule has 2 aromatic heterocycles. The van der Waals surface area contributed by atoms with Crippen LogP contribution in [0.5, 0.6) is 0 Å². The minimum Gasteiger partial charge on any atom is -0.456 e. The summed E-state index contributed by atoms with van der Waals surface area (Å²) in [4.78, 5) is 22.8. The monoisotopic (exact) mass is 583 g/mol. The fourth-order valence-electron chi connectivity index (χ4n) is 5.30. The molecule has 0 spiro atoms. The maximum absolute atomic E-state index is 13.6. The van der Waals surface area contributed by atoms with Gasteiger partial charge in [0.1, 0.15) is 29.7 Å². The second-order valence-corrected chi connectivity index (χ2v) is 16.9. The first kappa shape index (κ1) is 29.4. The Morgan fingerprint density at radius 1 is 1.10 bits per heavy atom. The molecule has 0 saturated heterocycles. The van der Waals surface area contributed by atoms with E-state index in [4.69, 9.17) is 15.2 Å². The molecule has 1 unspecified atom stereocenters. The van der Waals surface area contributed by atoms with E-state index in [1.54, 1.807) is 20.8 Å². The average Bonchev–Trinajstić information content (AvgIpc) is 3.46. The Hall–Kier alpha value is -4.13. The second-order valence-electron chi connectivity index (χ2n) is 12.4. The van der Waals surface area contributed by atoms with Crippen molar-refractivity contribution in [2.45, 2.75) is 38.5 Å². The predicted molar refractivity (Wildman–Crippen MR) is 169 cm³/mol. The molecule has 8 nitrogen and oxygen atoms in total. The summed E-state index contributed by atoms with van der Waals surface area (Å²) in [6.45, 7) is 6.46. The summed E-state index contributed by atoms with van der Waals surface area (Å²) in [5, 5.41) is 11.7. The van der Waals surface area contributed by atoms with E-state index in [0.717, 1.165) is 28.0 Å². The van der Waals surface area contributed by atoms with Crippen LogP contribution in [0.2, 0.25) is 0 Å². The van der Waals surface area contributed by atoms with Gasteiger partial charge in [-0.1, -0.05) is 42.5 Å². The highest BCUT2D eigenvalue weighted by Crippen LogP contribution is 2.50. The average molecular weight is 584 g/mol. The molecule has 4 aromatic rings. The predicted octanol–water partition coefficient (Wildman–Crippen LogP) is 5.60. The van der Waals surface area contributed by atoms with Gasteiger partial charge in [0, 0.05) is 28.5 Å². The molecule has 2 N–H and O–H groups in total. The normalized spacial score (nSPS) is 17.3. The molecule has 0 aliphatic heterocycles. The summed E-state index contributed by atoms with van der Waals surface area (Å²) in [5.41, 5.74) is 8.92. The number of nitrogens with zero attached hydrogens (tertiary/aromatic N) is 4. The largest absolute Gasteiger partial charge is 0.456 e. The Bertz CT molecular complexity index is 1740. The first-order chi connectivity index (χ1) is 19.9. The molecule has 9 heteroatoms. The lowest BCUT2D eigenvalue weighted by Gasteiger charge is -2.29. The van der Waals surface area contributed by atoms with Crippen LogP contribution in [0.25, 0.3) is 28.0 Å². The summed E-state index contributed by atoms with van der Waals surface area (Å²) in [7, 11) is -0.632. The van der Waals surface area contributed by atoms with Gasteiger partial charge in [-0.2, -0.15) is 5.26 Å². The van der Waals surface area contributed by atoms with Gasteiger partial charge in [0.2, 0.25) is 0 Å². The van der Waals surface area contributed by atoms with Gasteiger partial charge in [0.15, 0.2) is 0 Å². The molecule has 1 aliphatic rings. The third kappa shape index (κ3) is 5.40. The van der Waals surface area contributed by atoms with Crippen molar-refractivity contribution in [3.63, 3.8) is 0 Å². The highest BCUT2D eigenvalue weighted by Gasteiger charge is 2.51. The number of hydrogen-bond donors (Lipinski definition) is 1. The highest BCUT2D eigenvalue weighted by molar-refractivity contribution is 8.32.